The van der Waals surface area contributed by atoms with Crippen molar-refractivity contribution in [3.8, 4) is 0 Å². The Morgan fingerprint density at radius 3 is 2.31 bits per heavy atom. The van der Waals surface area contributed by atoms with Gasteiger partial charge in [0.25, 0.3) is 0 Å². The van der Waals surface area contributed by atoms with Gasteiger partial charge in [0.2, 0.25) is 17.7 Å². The van der Waals surface area contributed by atoms with Crippen LogP contribution in [0, 0.1) is 11.3 Å². The smallest absolute Gasteiger partial charge is 0.305 e. The lowest BCUT2D eigenvalue weighted by molar-refractivity contribution is -0.143. The molecule has 3 amide bonds. The van der Waals surface area contributed by atoms with Gasteiger partial charge in [-0.1, -0.05) is 13.8 Å². The second-order valence-corrected chi connectivity index (χ2v) is 7.95. The van der Waals surface area contributed by atoms with Crippen molar-refractivity contribution >= 4 is 35.4 Å². The van der Waals surface area contributed by atoms with Crippen molar-refractivity contribution in [2.75, 3.05) is 13.1 Å². The summed E-state index contributed by atoms with van der Waals surface area (Å²) >= 11 is 0. The van der Waals surface area contributed by atoms with Crippen molar-refractivity contribution in [2.45, 2.75) is 71.0 Å². The van der Waals surface area contributed by atoms with Crippen molar-refractivity contribution < 1.29 is 29.1 Å². The number of carbonyl (C=O) groups excluding carboxylic acids is 4. The van der Waals surface area contributed by atoms with Crippen molar-refractivity contribution in [3.05, 3.63) is 5.92 Å². The molecule has 179 valence electrons. The maximum Gasteiger partial charge on any atom is 0.305 e. The molecule has 0 unspecified atom stereocenters. The molecule has 1 fully saturated rings. The average Bonchev–Trinajstić information content (AvgIpc) is 3.17. The summed E-state index contributed by atoms with van der Waals surface area (Å²) in [6, 6.07) is -2.95. The Hall–Kier alpha value is -3.18. The number of carboxylic acids is 1. The number of hydrogen-bond acceptors (Lipinski definition) is 6. The van der Waals surface area contributed by atoms with E-state index >= 15 is 0 Å². The minimum atomic E-state index is -1.23. The number of carbonyl (C=O) groups is 5. The van der Waals surface area contributed by atoms with Crippen LogP contribution >= 0.6 is 0 Å². The number of aliphatic carboxylic acids is 1. The summed E-state index contributed by atoms with van der Waals surface area (Å²) in [5.74, 6) is -2.98. The van der Waals surface area contributed by atoms with E-state index in [9.17, 15) is 24.0 Å². The van der Waals surface area contributed by atoms with Gasteiger partial charge in [0.05, 0.1) is 12.5 Å². The molecule has 12 heteroatoms. The third-order valence-electron chi connectivity index (χ3n) is 5.00. The van der Waals surface area contributed by atoms with E-state index in [1.807, 2.05) is 0 Å². The second-order valence-electron chi connectivity index (χ2n) is 7.95. The van der Waals surface area contributed by atoms with Crippen LogP contribution in [0.1, 0.15) is 52.9 Å². The number of nitrogens with one attached hydrogen (secondary N) is 4. The molecule has 0 spiro atoms. The summed E-state index contributed by atoms with van der Waals surface area (Å²) in [6.45, 7) is 5.00. The molecular formula is C20H33N6O6. The first-order chi connectivity index (χ1) is 14.9. The molecule has 7 N–H and O–H groups in total. The number of amides is 3. The summed E-state index contributed by atoms with van der Waals surface area (Å²) in [4.78, 5) is 62.3. The SMILES string of the molecule is C[C](C)C(=O)[C@H](CC(=O)O)NC(=O)[C@@H]1CCCN1C(=O)[C@H](CCCNC(=N)N)NC(C)=O. The average molecular weight is 454 g/mol. The lowest BCUT2D eigenvalue weighted by Crippen LogP contribution is -2.55. The normalized spacial score (nSPS) is 17.4. The monoisotopic (exact) mass is 453 g/mol. The lowest BCUT2D eigenvalue weighted by atomic mass is 9.98. The molecule has 0 bridgehead atoms. The second kappa shape index (κ2) is 12.6. The van der Waals surface area contributed by atoms with Crippen LogP contribution in [-0.4, -0.2) is 76.7 Å². The molecule has 0 aromatic carbocycles. The highest BCUT2D eigenvalue weighted by Gasteiger charge is 2.39. The fourth-order valence-electron chi connectivity index (χ4n) is 3.54. The number of likely N-dealkylation sites (tertiary alicyclic amines) is 1. The van der Waals surface area contributed by atoms with Gasteiger partial charge in [0.1, 0.15) is 12.1 Å². The van der Waals surface area contributed by atoms with E-state index in [4.69, 9.17) is 16.2 Å². The predicted octanol–water partition coefficient (Wildman–Crippen LogP) is -1.11. The molecule has 1 aliphatic heterocycles. The Kier molecular flexibility index (Phi) is 10.6. The zero-order chi connectivity index (χ0) is 24.4. The van der Waals surface area contributed by atoms with Crippen molar-refractivity contribution in [2.24, 2.45) is 5.73 Å². The minimum Gasteiger partial charge on any atom is -0.481 e. The molecule has 0 saturated carbocycles. The summed E-state index contributed by atoms with van der Waals surface area (Å²) in [6.07, 6.45) is 1.07. The van der Waals surface area contributed by atoms with Gasteiger partial charge in [-0.3, -0.25) is 29.4 Å². The molecule has 1 heterocycles. The van der Waals surface area contributed by atoms with Crippen LogP contribution in [0.15, 0.2) is 0 Å². The molecule has 3 atom stereocenters. The van der Waals surface area contributed by atoms with E-state index in [0.717, 1.165) is 0 Å². The van der Waals surface area contributed by atoms with Crippen molar-refractivity contribution in [3.63, 3.8) is 0 Å². The molecule has 1 radical (unpaired) electrons. The molecule has 1 aliphatic rings. The van der Waals surface area contributed by atoms with Crippen LogP contribution in [0.4, 0.5) is 0 Å². The first kappa shape index (κ1) is 26.9. The quantitative estimate of drug-likeness (QED) is 0.121. The maximum absolute atomic E-state index is 13.1. The summed E-state index contributed by atoms with van der Waals surface area (Å²) in [7, 11) is 0. The third-order valence-corrected chi connectivity index (χ3v) is 5.00. The Labute approximate surface area is 187 Å². The minimum absolute atomic E-state index is 0.200. The molecule has 0 aromatic heterocycles. The van der Waals surface area contributed by atoms with Crippen LogP contribution in [0.3, 0.4) is 0 Å². The number of hydrogen-bond donors (Lipinski definition) is 6. The van der Waals surface area contributed by atoms with Gasteiger partial charge in [-0.2, -0.15) is 0 Å². The molecule has 1 saturated heterocycles. The number of rotatable bonds is 12. The first-order valence-corrected chi connectivity index (χ1v) is 10.5. The largest absolute Gasteiger partial charge is 0.481 e. The van der Waals surface area contributed by atoms with Gasteiger partial charge in [0, 0.05) is 25.9 Å². The number of nitrogens with two attached hydrogens (primary N) is 1. The summed E-state index contributed by atoms with van der Waals surface area (Å²) in [5, 5.41) is 23.9. The van der Waals surface area contributed by atoms with Gasteiger partial charge < -0.3 is 31.7 Å². The van der Waals surface area contributed by atoms with E-state index < -0.39 is 54.0 Å². The standard InChI is InChI=1S/C20H33N6O6/c1-11(2)17(30)14(10-16(28)29)25-18(31)15-7-5-9-26(15)19(32)13(24-12(3)27)6-4-8-23-20(21)22/h13-15H,4-10H2,1-3H3,(H,24,27)(H,25,31)(H,28,29)(H4,21,22,23)/t13-,14-,15-/m0/s1. The predicted molar refractivity (Wildman–Crippen MR) is 115 cm³/mol. The van der Waals surface area contributed by atoms with Gasteiger partial charge >= 0.3 is 5.97 Å². The van der Waals surface area contributed by atoms with Gasteiger partial charge in [-0.25, -0.2) is 0 Å². The highest BCUT2D eigenvalue weighted by atomic mass is 16.4. The fourth-order valence-corrected chi connectivity index (χ4v) is 3.54. The third kappa shape index (κ3) is 8.52. The van der Waals surface area contributed by atoms with Crippen LogP contribution in [0.2, 0.25) is 0 Å². The number of nitrogens with zero attached hydrogens (tertiary/aromatic N) is 1. The highest BCUT2D eigenvalue weighted by molar-refractivity contribution is 6.01. The Bertz CT molecular complexity index is 740. The van der Waals surface area contributed by atoms with Gasteiger partial charge in [-0.15, -0.1) is 0 Å². The maximum atomic E-state index is 13.1. The van der Waals surface area contributed by atoms with Crippen LogP contribution in [-0.2, 0) is 24.0 Å². The number of Topliss-reactive ketones (excluding diaryl/α,β-unsaturated/α-hetero) is 1. The summed E-state index contributed by atoms with van der Waals surface area (Å²) in [5.41, 5.74) is 5.23. The van der Waals surface area contributed by atoms with Gasteiger partial charge in [0.15, 0.2) is 11.7 Å². The van der Waals surface area contributed by atoms with E-state index in [1.54, 1.807) is 0 Å². The van der Waals surface area contributed by atoms with Gasteiger partial charge in [-0.05, 0) is 25.7 Å². The lowest BCUT2D eigenvalue weighted by Gasteiger charge is -2.29. The highest BCUT2D eigenvalue weighted by Crippen LogP contribution is 2.20. The Morgan fingerprint density at radius 1 is 1.12 bits per heavy atom. The Balaban J connectivity index is 2.90. The molecule has 0 aromatic rings. The first-order valence-electron chi connectivity index (χ1n) is 10.5. The topological polar surface area (TPSA) is 195 Å². The molecule has 32 heavy (non-hydrogen) atoms. The fraction of sp³-hybridized carbons (Fsp3) is 0.650. The molecular weight excluding hydrogens is 420 g/mol. The van der Waals surface area contributed by atoms with Crippen molar-refractivity contribution in [1.82, 2.24) is 20.9 Å². The molecule has 1 rings (SSSR count). The van der Waals surface area contributed by atoms with E-state index in [2.05, 4.69) is 16.0 Å². The molecule has 0 aliphatic carbocycles. The van der Waals surface area contributed by atoms with Crippen molar-refractivity contribution in [1.29, 1.82) is 5.41 Å². The van der Waals surface area contributed by atoms with Crippen LogP contribution in [0.5, 0.6) is 0 Å². The molecule has 12 nitrogen and oxygen atoms in total. The number of ketones is 1. The number of guanidine groups is 1. The van der Waals surface area contributed by atoms with E-state index in [0.29, 0.717) is 38.3 Å². The number of carboxylic acid groups (broad SMARTS) is 1. The van der Waals surface area contributed by atoms with Crippen LogP contribution < -0.4 is 21.7 Å². The van der Waals surface area contributed by atoms with E-state index in [-0.39, 0.29) is 12.4 Å². The van der Waals surface area contributed by atoms with Crippen LogP contribution in [0.25, 0.3) is 0 Å². The zero-order valence-electron chi connectivity index (χ0n) is 18.7. The van der Waals surface area contributed by atoms with E-state index in [1.165, 1.54) is 25.7 Å². The zero-order valence-corrected chi connectivity index (χ0v) is 18.7. The summed E-state index contributed by atoms with van der Waals surface area (Å²) < 4.78 is 0. The Morgan fingerprint density at radius 2 is 1.78 bits per heavy atom.